The molecule has 0 amide bonds. The van der Waals surface area contributed by atoms with Crippen molar-refractivity contribution in [1.29, 1.82) is 5.26 Å². The number of alkyl halides is 3. The predicted molar refractivity (Wildman–Crippen MR) is 54.5 cm³/mol. The first kappa shape index (κ1) is 14.3. The number of aromatic nitrogens is 2. The molecule has 0 radical (unpaired) electrons. The quantitative estimate of drug-likeness (QED) is 0.818. The highest BCUT2D eigenvalue weighted by molar-refractivity contribution is 7.90. The molecule has 1 heterocycles. The highest BCUT2D eigenvalue weighted by atomic mass is 32.2. The Bertz CT molecular complexity index is 571. The van der Waals surface area contributed by atoms with Gasteiger partial charge in [0.25, 0.3) is 0 Å². The molecule has 100 valence electrons. The molecule has 0 fully saturated rings. The van der Waals surface area contributed by atoms with Crippen molar-refractivity contribution in [1.82, 2.24) is 14.5 Å². The summed E-state index contributed by atoms with van der Waals surface area (Å²) >= 11 is 0. The number of nitrogens with zero attached hydrogens (tertiary/aromatic N) is 3. The lowest BCUT2D eigenvalue weighted by Gasteiger charge is -2.09. The maximum absolute atomic E-state index is 11.8. The van der Waals surface area contributed by atoms with Crippen LogP contribution in [0.1, 0.15) is 5.56 Å². The second kappa shape index (κ2) is 4.83. The van der Waals surface area contributed by atoms with E-state index in [0.717, 1.165) is 4.68 Å². The smallest absolute Gasteiger partial charge is 0.272 e. The van der Waals surface area contributed by atoms with Gasteiger partial charge in [0.2, 0.25) is 0 Å². The van der Waals surface area contributed by atoms with E-state index in [0.29, 0.717) is 0 Å². The SMILES string of the molecule is Cn1cc(C#N)c(NS(=O)(=O)NCC(F)(F)F)n1. The van der Waals surface area contributed by atoms with Crippen molar-refractivity contribution < 1.29 is 21.6 Å². The number of halogens is 3. The molecule has 0 aliphatic carbocycles. The maximum atomic E-state index is 11.8. The fraction of sp³-hybridized carbons (Fsp3) is 0.429. The third kappa shape index (κ3) is 4.22. The van der Waals surface area contributed by atoms with Gasteiger partial charge < -0.3 is 0 Å². The third-order valence-corrected chi connectivity index (χ3v) is 2.63. The van der Waals surface area contributed by atoms with E-state index in [2.05, 4.69) is 5.10 Å². The van der Waals surface area contributed by atoms with Gasteiger partial charge in [0, 0.05) is 13.2 Å². The molecule has 1 rings (SSSR count). The molecule has 18 heavy (non-hydrogen) atoms. The van der Waals surface area contributed by atoms with Crippen LogP contribution in [0.25, 0.3) is 0 Å². The van der Waals surface area contributed by atoms with Crippen LogP contribution in [-0.4, -0.2) is 30.9 Å². The van der Waals surface area contributed by atoms with E-state index in [4.69, 9.17) is 5.26 Å². The fourth-order valence-electron chi connectivity index (χ4n) is 0.986. The minimum atomic E-state index is -4.67. The number of anilines is 1. The van der Waals surface area contributed by atoms with Crippen molar-refractivity contribution in [3.05, 3.63) is 11.8 Å². The largest absolute Gasteiger partial charge is 0.402 e. The lowest BCUT2D eigenvalue weighted by atomic mass is 10.4. The Morgan fingerprint density at radius 1 is 1.56 bits per heavy atom. The average Bonchev–Trinajstić information content (AvgIpc) is 2.54. The van der Waals surface area contributed by atoms with E-state index in [1.165, 1.54) is 18.0 Å². The second-order valence-corrected chi connectivity index (χ2v) is 4.72. The molecule has 11 heteroatoms. The van der Waals surface area contributed by atoms with Gasteiger partial charge in [0.15, 0.2) is 5.82 Å². The highest BCUT2D eigenvalue weighted by Crippen LogP contribution is 2.14. The molecule has 0 atom stereocenters. The molecule has 7 nitrogen and oxygen atoms in total. The summed E-state index contributed by atoms with van der Waals surface area (Å²) in [5, 5.41) is 12.2. The first-order valence-electron chi connectivity index (χ1n) is 4.41. The summed E-state index contributed by atoms with van der Waals surface area (Å²) in [6, 6.07) is 1.65. The molecular formula is C7H8F3N5O2S. The van der Waals surface area contributed by atoms with Gasteiger partial charge in [-0.1, -0.05) is 0 Å². The Morgan fingerprint density at radius 2 is 2.17 bits per heavy atom. The monoisotopic (exact) mass is 283 g/mol. The number of hydrogen-bond donors (Lipinski definition) is 2. The van der Waals surface area contributed by atoms with E-state index < -0.39 is 22.9 Å². The third-order valence-electron chi connectivity index (χ3n) is 1.64. The van der Waals surface area contributed by atoms with Gasteiger partial charge in [0.1, 0.15) is 18.2 Å². The average molecular weight is 283 g/mol. The molecule has 1 aromatic rings. The van der Waals surface area contributed by atoms with Crippen LogP contribution in [0.2, 0.25) is 0 Å². The summed E-state index contributed by atoms with van der Waals surface area (Å²) in [5.41, 5.74) is -0.102. The van der Waals surface area contributed by atoms with E-state index in [9.17, 15) is 21.6 Å². The summed E-state index contributed by atoms with van der Waals surface area (Å²) in [4.78, 5) is 0. The Morgan fingerprint density at radius 3 is 2.67 bits per heavy atom. The normalized spacial score (nSPS) is 12.2. The van der Waals surface area contributed by atoms with Crippen molar-refractivity contribution in [2.75, 3.05) is 11.3 Å². The van der Waals surface area contributed by atoms with Gasteiger partial charge >= 0.3 is 16.4 Å². The Balaban J connectivity index is 2.80. The molecule has 0 saturated carbocycles. The Hall–Kier alpha value is -1.80. The summed E-state index contributed by atoms with van der Waals surface area (Å²) < 4.78 is 62.2. The standard InChI is InChI=1S/C7H8F3N5O2S/c1-15-3-5(2-11)6(13-15)14-18(16,17)12-4-7(8,9)10/h3,12H,4H2,1H3,(H,13,14). The first-order chi connectivity index (χ1) is 8.13. The molecule has 0 saturated heterocycles. The van der Waals surface area contributed by atoms with Crippen molar-refractivity contribution in [3.8, 4) is 6.07 Å². The molecular weight excluding hydrogens is 275 g/mol. The Kier molecular flexibility index (Phi) is 3.82. The van der Waals surface area contributed by atoms with Gasteiger partial charge in [-0.3, -0.25) is 9.40 Å². The van der Waals surface area contributed by atoms with E-state index >= 15 is 0 Å². The van der Waals surface area contributed by atoms with Crippen LogP contribution in [-0.2, 0) is 17.3 Å². The number of hydrogen-bond acceptors (Lipinski definition) is 4. The summed E-state index contributed by atoms with van der Waals surface area (Å²) in [6.45, 7) is -1.71. The van der Waals surface area contributed by atoms with Gasteiger partial charge in [-0.2, -0.15) is 36.7 Å². The molecule has 0 aliphatic rings. The molecule has 0 aliphatic heterocycles. The van der Waals surface area contributed by atoms with Gasteiger partial charge in [-0.15, -0.1) is 0 Å². The van der Waals surface area contributed by atoms with Crippen molar-refractivity contribution in [3.63, 3.8) is 0 Å². The van der Waals surface area contributed by atoms with E-state index in [1.54, 1.807) is 10.8 Å². The first-order valence-corrected chi connectivity index (χ1v) is 5.89. The van der Waals surface area contributed by atoms with Gasteiger partial charge in [-0.05, 0) is 0 Å². The second-order valence-electron chi connectivity index (χ2n) is 3.22. The minimum absolute atomic E-state index is 0.102. The predicted octanol–water partition coefficient (Wildman–Crippen LogP) is 0.100. The van der Waals surface area contributed by atoms with Crippen LogP contribution in [0, 0.1) is 11.3 Å². The maximum Gasteiger partial charge on any atom is 0.402 e. The zero-order valence-corrected chi connectivity index (χ0v) is 9.80. The molecule has 0 unspecified atom stereocenters. The lowest BCUT2D eigenvalue weighted by Crippen LogP contribution is -2.37. The van der Waals surface area contributed by atoms with Crippen LogP contribution in [0.15, 0.2) is 6.20 Å². The van der Waals surface area contributed by atoms with Crippen molar-refractivity contribution >= 4 is 16.0 Å². The fourth-order valence-corrected chi connectivity index (χ4v) is 1.82. The molecule has 0 aromatic carbocycles. The van der Waals surface area contributed by atoms with Crippen LogP contribution in [0.4, 0.5) is 19.0 Å². The zero-order valence-electron chi connectivity index (χ0n) is 8.98. The summed E-state index contributed by atoms with van der Waals surface area (Å²) in [6.07, 6.45) is -3.45. The lowest BCUT2D eigenvalue weighted by molar-refractivity contribution is -0.121. The van der Waals surface area contributed by atoms with Crippen LogP contribution in [0.5, 0.6) is 0 Å². The van der Waals surface area contributed by atoms with Crippen molar-refractivity contribution in [2.24, 2.45) is 7.05 Å². The zero-order chi connectivity index (χ0) is 14.0. The number of aryl methyl sites for hydroxylation is 1. The van der Waals surface area contributed by atoms with Crippen LogP contribution >= 0.6 is 0 Å². The van der Waals surface area contributed by atoms with E-state index in [-0.39, 0.29) is 11.4 Å². The topological polar surface area (TPSA) is 99.8 Å². The van der Waals surface area contributed by atoms with Gasteiger partial charge in [0.05, 0.1) is 0 Å². The van der Waals surface area contributed by atoms with E-state index in [1.807, 2.05) is 0 Å². The molecule has 0 bridgehead atoms. The summed E-state index contributed by atoms with van der Waals surface area (Å²) in [5.74, 6) is -0.338. The van der Waals surface area contributed by atoms with Crippen molar-refractivity contribution in [2.45, 2.75) is 6.18 Å². The number of rotatable bonds is 4. The minimum Gasteiger partial charge on any atom is -0.272 e. The Labute approximate surface area is 100 Å². The summed E-state index contributed by atoms with van der Waals surface area (Å²) in [7, 11) is -3.00. The molecule has 2 N–H and O–H groups in total. The highest BCUT2D eigenvalue weighted by Gasteiger charge is 2.29. The van der Waals surface area contributed by atoms with Crippen LogP contribution in [0.3, 0.4) is 0 Å². The van der Waals surface area contributed by atoms with Crippen LogP contribution < -0.4 is 9.44 Å². The number of nitriles is 1. The number of nitrogens with one attached hydrogen (secondary N) is 2. The molecule has 1 aromatic heterocycles. The molecule has 0 spiro atoms. The van der Waals surface area contributed by atoms with Gasteiger partial charge in [-0.25, -0.2) is 0 Å².